The van der Waals surface area contributed by atoms with Gasteiger partial charge in [0.25, 0.3) is 0 Å². The highest BCUT2D eigenvalue weighted by molar-refractivity contribution is 7.95. The molecule has 0 saturated heterocycles. The molecule has 0 amide bonds. The highest BCUT2D eigenvalue weighted by Crippen LogP contribution is 2.21. The van der Waals surface area contributed by atoms with Crippen molar-refractivity contribution in [2.24, 2.45) is 0 Å². The van der Waals surface area contributed by atoms with Gasteiger partial charge in [-0.15, -0.1) is 0 Å². The monoisotopic (exact) mass is 291 g/mol. The summed E-state index contributed by atoms with van der Waals surface area (Å²) >= 11 is 0. The van der Waals surface area contributed by atoms with Crippen LogP contribution in [0, 0.1) is 6.92 Å². The first-order valence-electron chi connectivity index (χ1n) is 5.47. The Kier molecular flexibility index (Phi) is 4.39. The highest BCUT2D eigenvalue weighted by Gasteiger charge is 2.21. The van der Waals surface area contributed by atoms with Crippen LogP contribution in [0.5, 0.6) is 0 Å². The van der Waals surface area contributed by atoms with Crippen molar-refractivity contribution in [2.75, 3.05) is 23.0 Å². The minimum atomic E-state index is -3.66. The van der Waals surface area contributed by atoms with Crippen LogP contribution in [0.15, 0.2) is 23.1 Å². The van der Waals surface area contributed by atoms with Crippen LogP contribution in [-0.4, -0.2) is 34.1 Å². The quantitative estimate of drug-likeness (QED) is 0.809. The van der Waals surface area contributed by atoms with Gasteiger partial charge < -0.3 is 5.73 Å². The molecule has 0 aliphatic rings. The zero-order valence-corrected chi connectivity index (χ0v) is 12.0. The molecule has 18 heavy (non-hydrogen) atoms. The van der Waals surface area contributed by atoms with Crippen LogP contribution >= 0.6 is 0 Å². The van der Waals surface area contributed by atoms with Gasteiger partial charge in [-0.3, -0.25) is 0 Å². The summed E-state index contributed by atoms with van der Waals surface area (Å²) in [5, 5.41) is 0. The Bertz CT molecular complexity index is 633. The Morgan fingerprint density at radius 2 is 1.72 bits per heavy atom. The van der Waals surface area contributed by atoms with E-state index in [1.54, 1.807) is 13.0 Å². The fourth-order valence-corrected chi connectivity index (χ4v) is 4.60. The molecule has 5 nitrogen and oxygen atoms in total. The molecule has 0 aromatic heterocycles. The summed E-state index contributed by atoms with van der Waals surface area (Å²) in [4.78, 5) is 0.00815. The van der Waals surface area contributed by atoms with Gasteiger partial charge in [0.1, 0.15) is 0 Å². The molecule has 1 aromatic rings. The van der Waals surface area contributed by atoms with Crippen LogP contribution in [0.2, 0.25) is 0 Å². The van der Waals surface area contributed by atoms with Crippen molar-refractivity contribution in [1.82, 2.24) is 0 Å². The summed E-state index contributed by atoms with van der Waals surface area (Å²) in [6, 6.07) is 4.68. The molecule has 0 fully saturated rings. The van der Waals surface area contributed by atoms with Crippen molar-refractivity contribution in [3.05, 3.63) is 23.8 Å². The van der Waals surface area contributed by atoms with Gasteiger partial charge in [-0.1, -0.05) is 13.0 Å². The minimum absolute atomic E-state index is 0.00815. The average molecular weight is 291 g/mol. The van der Waals surface area contributed by atoms with Crippen molar-refractivity contribution in [3.63, 3.8) is 0 Å². The molecule has 7 heteroatoms. The van der Waals surface area contributed by atoms with Gasteiger partial charge in [0.15, 0.2) is 19.7 Å². The molecule has 0 spiro atoms. The number of aryl methyl sites for hydroxylation is 1. The molecule has 0 saturated carbocycles. The standard InChI is InChI=1S/C11H17NO4S2/c1-3-17(13,14)6-7-18(15,16)11-8-9(2)4-5-10(11)12/h4-5,8H,3,6-7,12H2,1-2H3. The number of hydrogen-bond donors (Lipinski definition) is 1. The fraction of sp³-hybridized carbons (Fsp3) is 0.455. The van der Waals surface area contributed by atoms with Crippen LogP contribution < -0.4 is 5.73 Å². The predicted molar refractivity (Wildman–Crippen MR) is 72.0 cm³/mol. The number of sulfone groups is 2. The lowest BCUT2D eigenvalue weighted by Crippen LogP contribution is -2.19. The lowest BCUT2D eigenvalue weighted by atomic mass is 10.2. The van der Waals surface area contributed by atoms with Gasteiger partial charge in [0.05, 0.1) is 22.1 Å². The second-order valence-electron chi connectivity index (χ2n) is 4.10. The molecule has 2 N–H and O–H groups in total. The Labute approximate surface area is 108 Å². The molecule has 0 aliphatic carbocycles. The molecule has 0 heterocycles. The maximum Gasteiger partial charge on any atom is 0.181 e. The minimum Gasteiger partial charge on any atom is -0.398 e. The molecule has 102 valence electrons. The van der Waals surface area contributed by atoms with E-state index in [9.17, 15) is 16.8 Å². The average Bonchev–Trinajstić information content (AvgIpc) is 2.30. The molecule has 0 aliphatic heterocycles. The summed E-state index contributed by atoms with van der Waals surface area (Å²) < 4.78 is 46.7. The van der Waals surface area contributed by atoms with Crippen molar-refractivity contribution in [1.29, 1.82) is 0 Å². The topological polar surface area (TPSA) is 94.3 Å². The fourth-order valence-electron chi connectivity index (χ4n) is 1.40. The number of nitrogens with two attached hydrogens (primary N) is 1. The van der Waals surface area contributed by atoms with Crippen molar-refractivity contribution >= 4 is 25.4 Å². The smallest absolute Gasteiger partial charge is 0.181 e. The molecule has 0 atom stereocenters. The molecule has 1 rings (SSSR count). The van der Waals surface area contributed by atoms with Gasteiger partial charge in [-0.05, 0) is 24.6 Å². The summed E-state index contributed by atoms with van der Waals surface area (Å²) in [5.41, 5.74) is 6.53. The second-order valence-corrected chi connectivity index (χ2v) is 8.65. The zero-order valence-electron chi connectivity index (χ0n) is 10.4. The molecule has 0 unspecified atom stereocenters. The van der Waals surface area contributed by atoms with Gasteiger partial charge in [-0.25, -0.2) is 16.8 Å². The number of nitrogen functional groups attached to an aromatic ring is 1. The molecule has 1 aromatic carbocycles. The second kappa shape index (κ2) is 5.27. The predicted octanol–water partition coefficient (Wildman–Crippen LogP) is 0.786. The molecular weight excluding hydrogens is 274 g/mol. The van der Waals surface area contributed by atoms with Gasteiger partial charge in [0, 0.05) is 5.75 Å². The van der Waals surface area contributed by atoms with E-state index >= 15 is 0 Å². The van der Waals surface area contributed by atoms with Crippen LogP contribution in [0.1, 0.15) is 12.5 Å². The molecule has 0 bridgehead atoms. The number of benzene rings is 1. The summed E-state index contributed by atoms with van der Waals surface area (Å²) in [6.45, 7) is 3.24. The van der Waals surface area contributed by atoms with Gasteiger partial charge in [0.2, 0.25) is 0 Å². The lowest BCUT2D eigenvalue weighted by Gasteiger charge is -2.08. The maximum absolute atomic E-state index is 12.0. The summed E-state index contributed by atoms with van der Waals surface area (Å²) in [6.07, 6.45) is 0. The van der Waals surface area contributed by atoms with Gasteiger partial charge in [-0.2, -0.15) is 0 Å². The van der Waals surface area contributed by atoms with E-state index in [0.717, 1.165) is 5.56 Å². The van der Waals surface area contributed by atoms with Crippen LogP contribution in [0.3, 0.4) is 0 Å². The van der Waals surface area contributed by atoms with Crippen molar-refractivity contribution in [2.45, 2.75) is 18.7 Å². The van der Waals surface area contributed by atoms with E-state index in [4.69, 9.17) is 5.73 Å². The largest absolute Gasteiger partial charge is 0.398 e. The number of rotatable bonds is 5. The third-order valence-electron chi connectivity index (χ3n) is 2.61. The van der Waals surface area contributed by atoms with E-state index < -0.39 is 25.4 Å². The number of hydrogen-bond acceptors (Lipinski definition) is 5. The Morgan fingerprint density at radius 1 is 1.11 bits per heavy atom. The van der Waals surface area contributed by atoms with Gasteiger partial charge >= 0.3 is 0 Å². The Hall–Kier alpha value is -1.08. The molecule has 0 radical (unpaired) electrons. The van der Waals surface area contributed by atoms with E-state index in [1.165, 1.54) is 19.1 Å². The summed E-state index contributed by atoms with van der Waals surface area (Å²) in [5.74, 6) is -0.873. The van der Waals surface area contributed by atoms with E-state index in [0.29, 0.717) is 0 Å². The highest BCUT2D eigenvalue weighted by atomic mass is 32.2. The van der Waals surface area contributed by atoms with E-state index in [-0.39, 0.29) is 22.1 Å². The van der Waals surface area contributed by atoms with Crippen LogP contribution in [-0.2, 0) is 19.7 Å². The third kappa shape index (κ3) is 3.71. The van der Waals surface area contributed by atoms with E-state index in [2.05, 4.69) is 0 Å². The number of anilines is 1. The third-order valence-corrected chi connectivity index (χ3v) is 6.34. The van der Waals surface area contributed by atoms with Crippen LogP contribution in [0.4, 0.5) is 5.69 Å². The maximum atomic E-state index is 12.0. The Balaban J connectivity index is 3.04. The zero-order chi connectivity index (χ0) is 14.0. The molecular formula is C11H17NO4S2. The first-order chi connectivity index (χ1) is 8.18. The van der Waals surface area contributed by atoms with Crippen molar-refractivity contribution in [3.8, 4) is 0 Å². The van der Waals surface area contributed by atoms with E-state index in [1.807, 2.05) is 0 Å². The normalized spacial score (nSPS) is 12.6. The summed E-state index contributed by atoms with van der Waals surface area (Å²) in [7, 11) is -6.96. The first kappa shape index (κ1) is 15.0. The lowest BCUT2D eigenvalue weighted by molar-refractivity contribution is 0.588. The van der Waals surface area contributed by atoms with Crippen LogP contribution in [0.25, 0.3) is 0 Å². The first-order valence-corrected chi connectivity index (χ1v) is 8.94. The SMILES string of the molecule is CCS(=O)(=O)CCS(=O)(=O)c1cc(C)ccc1N. The van der Waals surface area contributed by atoms with Crippen molar-refractivity contribution < 1.29 is 16.8 Å². The Morgan fingerprint density at radius 3 is 2.28 bits per heavy atom.